The van der Waals surface area contributed by atoms with Crippen LogP contribution < -0.4 is 0 Å². The van der Waals surface area contributed by atoms with E-state index >= 15 is 0 Å². The number of aromatic nitrogens is 5. The highest BCUT2D eigenvalue weighted by atomic mass is 32.2. The number of hydrogen-bond donors (Lipinski definition) is 0. The fourth-order valence-electron chi connectivity index (χ4n) is 2.38. The van der Waals surface area contributed by atoms with Crippen molar-refractivity contribution in [2.75, 3.05) is 0 Å². The second-order valence-electron chi connectivity index (χ2n) is 5.45. The minimum Gasteiger partial charge on any atom is -0.338 e. The zero-order chi connectivity index (χ0) is 18.8. The van der Waals surface area contributed by atoms with Crippen LogP contribution in [0.25, 0.3) is 22.1 Å². The van der Waals surface area contributed by atoms with Gasteiger partial charge in [-0.1, -0.05) is 35.1 Å². The Balaban J connectivity index is 1.48. The second-order valence-corrected chi connectivity index (χ2v) is 7.34. The third-order valence-electron chi connectivity index (χ3n) is 3.68. The molecule has 0 aliphatic rings. The smallest absolute Gasteiger partial charge is 0.270 e. The minimum atomic E-state index is -0.459. The molecule has 0 unspecified atom stereocenters. The molecule has 0 aliphatic carbocycles. The number of nitro groups is 1. The standard InChI is InChI=1S/C16H12N6O3S2/c1-21-15(12-6-3-7-26-12)18-19-16(21)27-9-13-17-14(20-25-13)10-4-2-5-11(8-10)22(23)24/h2-8H,9H2,1H3. The Morgan fingerprint density at radius 2 is 2.19 bits per heavy atom. The Hall–Kier alpha value is -3.05. The van der Waals surface area contributed by atoms with E-state index in [-0.39, 0.29) is 5.69 Å². The molecule has 0 fully saturated rings. The first kappa shape index (κ1) is 17.4. The number of nitro benzene ring substituents is 1. The summed E-state index contributed by atoms with van der Waals surface area (Å²) in [5.41, 5.74) is 0.510. The van der Waals surface area contributed by atoms with Crippen molar-refractivity contribution in [2.45, 2.75) is 10.9 Å². The zero-order valence-electron chi connectivity index (χ0n) is 14.0. The van der Waals surface area contributed by atoms with Crippen molar-refractivity contribution in [1.82, 2.24) is 24.9 Å². The van der Waals surface area contributed by atoms with Crippen LogP contribution in [0.5, 0.6) is 0 Å². The van der Waals surface area contributed by atoms with Gasteiger partial charge in [-0.3, -0.25) is 10.1 Å². The normalized spacial score (nSPS) is 11.0. The number of thiophene rings is 1. The molecule has 0 spiro atoms. The molecule has 3 aromatic heterocycles. The highest BCUT2D eigenvalue weighted by Crippen LogP contribution is 2.28. The first-order chi connectivity index (χ1) is 13.1. The van der Waals surface area contributed by atoms with Crippen LogP contribution in [0.15, 0.2) is 51.5 Å². The molecule has 3 heterocycles. The molecule has 0 amide bonds. The van der Waals surface area contributed by atoms with E-state index in [2.05, 4.69) is 20.3 Å². The first-order valence-corrected chi connectivity index (χ1v) is 9.62. The largest absolute Gasteiger partial charge is 0.338 e. The zero-order valence-corrected chi connectivity index (χ0v) is 15.6. The van der Waals surface area contributed by atoms with E-state index in [9.17, 15) is 10.1 Å². The van der Waals surface area contributed by atoms with Crippen molar-refractivity contribution in [1.29, 1.82) is 0 Å². The summed E-state index contributed by atoms with van der Waals surface area (Å²) in [6.07, 6.45) is 0. The fourth-order valence-corrected chi connectivity index (χ4v) is 3.87. The average molecular weight is 400 g/mol. The molecule has 27 heavy (non-hydrogen) atoms. The van der Waals surface area contributed by atoms with Crippen molar-refractivity contribution >= 4 is 28.8 Å². The van der Waals surface area contributed by atoms with Crippen LogP contribution >= 0.6 is 23.1 Å². The number of hydrogen-bond acceptors (Lipinski definition) is 9. The lowest BCUT2D eigenvalue weighted by Gasteiger charge is -2.00. The lowest BCUT2D eigenvalue weighted by atomic mass is 10.2. The van der Waals surface area contributed by atoms with Gasteiger partial charge in [-0.25, -0.2) is 0 Å². The molecule has 0 bridgehead atoms. The Bertz CT molecular complexity index is 1090. The third-order valence-corrected chi connectivity index (χ3v) is 5.56. The molecule has 0 aliphatic heterocycles. The molecular weight excluding hydrogens is 388 g/mol. The van der Waals surface area contributed by atoms with E-state index in [4.69, 9.17) is 4.52 Å². The number of thioether (sulfide) groups is 1. The summed E-state index contributed by atoms with van der Waals surface area (Å²) >= 11 is 3.02. The van der Waals surface area contributed by atoms with Gasteiger partial charge in [-0.2, -0.15) is 4.98 Å². The predicted molar refractivity (Wildman–Crippen MR) is 100 cm³/mol. The summed E-state index contributed by atoms with van der Waals surface area (Å²) in [6.45, 7) is 0. The lowest BCUT2D eigenvalue weighted by molar-refractivity contribution is -0.384. The van der Waals surface area contributed by atoms with E-state index in [1.165, 1.54) is 23.9 Å². The van der Waals surface area contributed by atoms with Gasteiger partial charge in [-0.05, 0) is 11.4 Å². The molecule has 0 saturated carbocycles. The maximum absolute atomic E-state index is 10.9. The summed E-state index contributed by atoms with van der Waals surface area (Å²) < 4.78 is 7.16. The van der Waals surface area contributed by atoms with Crippen LogP contribution in [0.3, 0.4) is 0 Å². The number of non-ortho nitro benzene ring substituents is 1. The summed E-state index contributed by atoms with van der Waals surface area (Å²) in [5, 5.41) is 25.9. The van der Waals surface area contributed by atoms with Crippen molar-refractivity contribution in [2.24, 2.45) is 7.05 Å². The van der Waals surface area contributed by atoms with Crippen LogP contribution in [-0.2, 0) is 12.8 Å². The molecule has 0 atom stereocenters. The predicted octanol–water partition coefficient (Wildman–Crippen LogP) is 3.79. The molecule has 4 aromatic rings. The van der Waals surface area contributed by atoms with Crippen LogP contribution in [0.2, 0.25) is 0 Å². The quantitative estimate of drug-likeness (QED) is 0.273. The van der Waals surface area contributed by atoms with Crippen LogP contribution in [0, 0.1) is 10.1 Å². The third kappa shape index (κ3) is 3.59. The summed E-state index contributed by atoms with van der Waals surface area (Å²) in [7, 11) is 1.90. The van der Waals surface area contributed by atoms with Crippen LogP contribution in [0.1, 0.15) is 5.89 Å². The molecule has 0 saturated heterocycles. The van der Waals surface area contributed by atoms with Gasteiger partial charge >= 0.3 is 0 Å². The fraction of sp³-hybridized carbons (Fsp3) is 0.125. The van der Waals surface area contributed by atoms with Gasteiger partial charge in [-0.15, -0.1) is 21.5 Å². The van der Waals surface area contributed by atoms with Gasteiger partial charge in [0.15, 0.2) is 11.0 Å². The molecule has 0 N–H and O–H groups in total. The Labute approximate surface area is 161 Å². The van der Waals surface area contributed by atoms with E-state index in [0.29, 0.717) is 23.0 Å². The summed E-state index contributed by atoms with van der Waals surface area (Å²) in [5.74, 6) is 1.93. The topological polar surface area (TPSA) is 113 Å². The number of rotatable bonds is 6. The van der Waals surface area contributed by atoms with Gasteiger partial charge in [0.2, 0.25) is 11.7 Å². The van der Waals surface area contributed by atoms with Crippen molar-refractivity contribution in [3.63, 3.8) is 0 Å². The molecular formula is C16H12N6O3S2. The van der Waals surface area contributed by atoms with Gasteiger partial charge in [0, 0.05) is 24.7 Å². The number of benzene rings is 1. The van der Waals surface area contributed by atoms with Gasteiger partial charge in [0.1, 0.15) is 0 Å². The highest BCUT2D eigenvalue weighted by Gasteiger charge is 2.15. The van der Waals surface area contributed by atoms with Crippen LogP contribution in [-0.4, -0.2) is 29.8 Å². The van der Waals surface area contributed by atoms with E-state index in [0.717, 1.165) is 15.9 Å². The highest BCUT2D eigenvalue weighted by molar-refractivity contribution is 7.98. The van der Waals surface area contributed by atoms with E-state index in [1.54, 1.807) is 23.5 Å². The van der Waals surface area contributed by atoms with Crippen molar-refractivity contribution in [3.8, 4) is 22.1 Å². The monoisotopic (exact) mass is 400 g/mol. The van der Waals surface area contributed by atoms with E-state index < -0.39 is 4.92 Å². The van der Waals surface area contributed by atoms with Gasteiger partial charge < -0.3 is 9.09 Å². The molecule has 4 rings (SSSR count). The van der Waals surface area contributed by atoms with Crippen molar-refractivity contribution < 1.29 is 9.45 Å². The van der Waals surface area contributed by atoms with Gasteiger partial charge in [0.05, 0.1) is 15.6 Å². The summed E-state index contributed by atoms with van der Waals surface area (Å²) in [4.78, 5) is 15.8. The number of nitrogens with zero attached hydrogens (tertiary/aromatic N) is 6. The second kappa shape index (κ2) is 7.29. The van der Waals surface area contributed by atoms with Crippen LogP contribution in [0.4, 0.5) is 5.69 Å². The minimum absolute atomic E-state index is 0.0200. The Morgan fingerprint density at radius 1 is 1.30 bits per heavy atom. The van der Waals surface area contributed by atoms with Gasteiger partial charge in [0.25, 0.3) is 5.69 Å². The van der Waals surface area contributed by atoms with Crippen molar-refractivity contribution in [3.05, 3.63) is 57.8 Å². The average Bonchev–Trinajstić information content (AvgIpc) is 3.41. The summed E-state index contributed by atoms with van der Waals surface area (Å²) in [6, 6.07) is 10.1. The first-order valence-electron chi connectivity index (χ1n) is 7.75. The Kier molecular flexibility index (Phi) is 4.69. The molecule has 1 aromatic carbocycles. The molecule has 11 heteroatoms. The molecule has 136 valence electrons. The molecule has 0 radical (unpaired) electrons. The Morgan fingerprint density at radius 3 is 2.96 bits per heavy atom. The lowest BCUT2D eigenvalue weighted by Crippen LogP contribution is -1.94. The SMILES string of the molecule is Cn1c(SCc2nc(-c3cccc([N+](=O)[O-])c3)no2)nnc1-c1cccs1. The van der Waals surface area contributed by atoms with E-state index in [1.807, 2.05) is 29.1 Å². The molecule has 9 nitrogen and oxygen atoms in total. The maximum Gasteiger partial charge on any atom is 0.270 e. The maximum atomic E-state index is 10.9.